The molecule has 3 nitrogen and oxygen atoms in total. The zero-order valence-corrected chi connectivity index (χ0v) is 16.2. The average molecular weight is 441 g/mol. The third kappa shape index (κ3) is 4.47. The van der Waals surface area contributed by atoms with Crippen LogP contribution in [0.3, 0.4) is 0 Å². The number of hydrogen-bond acceptors (Lipinski definition) is 2. The first kappa shape index (κ1) is 18.7. The van der Waals surface area contributed by atoms with E-state index in [1.165, 1.54) is 12.1 Å². The lowest BCUT2D eigenvalue weighted by Crippen LogP contribution is -2.40. The Balaban J connectivity index is 2.14. The van der Waals surface area contributed by atoms with Gasteiger partial charge in [0.15, 0.2) is 0 Å². The highest BCUT2D eigenvalue weighted by Gasteiger charge is 2.22. The van der Waals surface area contributed by atoms with E-state index in [9.17, 15) is 9.18 Å². The van der Waals surface area contributed by atoms with E-state index in [-0.39, 0.29) is 17.8 Å². The van der Waals surface area contributed by atoms with Crippen LogP contribution in [0.4, 0.5) is 4.39 Å². The molecule has 0 heterocycles. The Labute approximate surface area is 156 Å². The molecule has 0 saturated carbocycles. The number of likely N-dealkylation sites (N-methyl/N-ethyl adjacent to an activating group) is 1. The Bertz CT molecular complexity index is 703. The summed E-state index contributed by atoms with van der Waals surface area (Å²) in [5, 5.41) is 0. The van der Waals surface area contributed by atoms with Gasteiger partial charge in [0.1, 0.15) is 11.6 Å². The van der Waals surface area contributed by atoms with Gasteiger partial charge < -0.3 is 9.64 Å². The maximum atomic E-state index is 13.3. The minimum Gasteiger partial charge on any atom is -0.497 e. The molecule has 24 heavy (non-hydrogen) atoms. The molecule has 5 heteroatoms. The summed E-state index contributed by atoms with van der Waals surface area (Å²) in [6, 6.07) is 12.2. The number of methoxy groups -OCH3 is 1. The van der Waals surface area contributed by atoms with Gasteiger partial charge in [0.25, 0.3) is 5.91 Å². The van der Waals surface area contributed by atoms with Gasteiger partial charge in [0.2, 0.25) is 0 Å². The molecule has 1 amide bonds. The van der Waals surface area contributed by atoms with E-state index in [4.69, 9.17) is 4.74 Å². The van der Waals surface area contributed by atoms with Crippen LogP contribution in [0.5, 0.6) is 5.75 Å². The Morgan fingerprint density at radius 3 is 2.46 bits per heavy atom. The highest BCUT2D eigenvalue weighted by molar-refractivity contribution is 14.1. The van der Waals surface area contributed by atoms with Gasteiger partial charge in [-0.3, -0.25) is 4.79 Å². The summed E-state index contributed by atoms with van der Waals surface area (Å²) in [7, 11) is 1.64. The Morgan fingerprint density at radius 2 is 1.92 bits per heavy atom. The van der Waals surface area contributed by atoms with Gasteiger partial charge in [-0.15, -0.1) is 0 Å². The number of carbonyl (C=O) groups is 1. The van der Waals surface area contributed by atoms with Crippen LogP contribution >= 0.6 is 22.6 Å². The largest absolute Gasteiger partial charge is 0.497 e. The summed E-state index contributed by atoms with van der Waals surface area (Å²) in [5.74, 6) is 0.420. The van der Waals surface area contributed by atoms with Gasteiger partial charge in [-0.2, -0.15) is 0 Å². The monoisotopic (exact) mass is 441 g/mol. The van der Waals surface area contributed by atoms with Crippen LogP contribution in [0.2, 0.25) is 0 Å². The number of benzene rings is 2. The van der Waals surface area contributed by atoms with Crippen LogP contribution in [0.25, 0.3) is 0 Å². The van der Waals surface area contributed by atoms with Crippen LogP contribution in [0.1, 0.15) is 29.8 Å². The van der Waals surface area contributed by atoms with Crippen molar-refractivity contribution in [3.05, 3.63) is 63.0 Å². The number of nitrogens with zero attached hydrogens (tertiary/aromatic N) is 1. The fourth-order valence-electron chi connectivity index (χ4n) is 2.69. The van der Waals surface area contributed by atoms with Crippen LogP contribution in [-0.4, -0.2) is 30.5 Å². The molecule has 0 aliphatic rings. The predicted octanol–water partition coefficient (Wildman–Crippen LogP) is 4.53. The summed E-state index contributed by atoms with van der Waals surface area (Å²) in [5.41, 5.74) is 1.68. The van der Waals surface area contributed by atoms with Crippen molar-refractivity contribution >= 4 is 28.5 Å². The Morgan fingerprint density at radius 1 is 1.25 bits per heavy atom. The molecule has 128 valence electrons. The third-order valence-electron chi connectivity index (χ3n) is 3.99. The summed E-state index contributed by atoms with van der Waals surface area (Å²) in [6.07, 6.45) is 0.751. The third-order valence-corrected chi connectivity index (χ3v) is 4.88. The summed E-state index contributed by atoms with van der Waals surface area (Å²) >= 11 is 2.00. The van der Waals surface area contributed by atoms with Crippen LogP contribution < -0.4 is 4.74 Å². The Kier molecular flexibility index (Phi) is 6.60. The molecular weight excluding hydrogens is 420 g/mol. The molecular formula is C19H21FINO2. The Hall–Kier alpha value is -1.63. The number of ether oxygens (including phenoxy) is 1. The van der Waals surface area contributed by atoms with Crippen molar-refractivity contribution in [2.45, 2.75) is 26.3 Å². The predicted molar refractivity (Wildman–Crippen MR) is 102 cm³/mol. The van der Waals surface area contributed by atoms with Crippen molar-refractivity contribution in [1.29, 1.82) is 0 Å². The quantitative estimate of drug-likeness (QED) is 0.617. The zero-order chi connectivity index (χ0) is 17.7. The lowest BCUT2D eigenvalue weighted by Gasteiger charge is -2.28. The lowest BCUT2D eigenvalue weighted by molar-refractivity contribution is 0.0702. The van der Waals surface area contributed by atoms with Crippen LogP contribution in [0, 0.1) is 9.39 Å². The maximum absolute atomic E-state index is 13.3. The molecule has 1 atom stereocenters. The van der Waals surface area contributed by atoms with Crippen molar-refractivity contribution in [3.63, 3.8) is 0 Å². The van der Waals surface area contributed by atoms with Gasteiger partial charge >= 0.3 is 0 Å². The average Bonchev–Trinajstić information content (AvgIpc) is 2.56. The fourth-order valence-corrected chi connectivity index (χ4v) is 3.39. The second kappa shape index (κ2) is 8.46. The zero-order valence-electron chi connectivity index (χ0n) is 14.1. The molecule has 0 N–H and O–H groups in total. The van der Waals surface area contributed by atoms with E-state index in [0.29, 0.717) is 15.7 Å². The second-order valence-electron chi connectivity index (χ2n) is 5.62. The molecule has 2 aromatic rings. The smallest absolute Gasteiger partial charge is 0.255 e. The lowest BCUT2D eigenvalue weighted by atomic mass is 10.0. The molecule has 2 aromatic carbocycles. The van der Waals surface area contributed by atoms with Crippen molar-refractivity contribution in [3.8, 4) is 5.75 Å². The van der Waals surface area contributed by atoms with E-state index in [1.807, 2.05) is 65.6 Å². The normalized spacial score (nSPS) is 11.9. The van der Waals surface area contributed by atoms with Gasteiger partial charge in [-0.05, 0) is 78.8 Å². The fraction of sp³-hybridized carbons (Fsp3) is 0.316. The molecule has 0 aromatic heterocycles. The number of carbonyl (C=O) groups excluding carboxylic acids is 1. The summed E-state index contributed by atoms with van der Waals surface area (Å²) in [4.78, 5) is 14.6. The summed E-state index contributed by atoms with van der Waals surface area (Å²) in [6.45, 7) is 4.59. The van der Waals surface area contributed by atoms with Crippen LogP contribution in [0.15, 0.2) is 42.5 Å². The molecule has 2 rings (SSSR count). The number of amides is 1. The SMILES string of the molecule is CCN(C(=O)c1ccc(F)cc1I)C(C)Cc1ccc(OC)cc1. The highest BCUT2D eigenvalue weighted by atomic mass is 127. The number of halogens is 2. The first-order valence-corrected chi connectivity index (χ1v) is 8.93. The van der Waals surface area contributed by atoms with E-state index in [0.717, 1.165) is 17.7 Å². The highest BCUT2D eigenvalue weighted by Crippen LogP contribution is 2.19. The first-order chi connectivity index (χ1) is 11.5. The van der Waals surface area contributed by atoms with E-state index >= 15 is 0 Å². The minimum absolute atomic E-state index is 0.0387. The van der Waals surface area contributed by atoms with Gasteiger partial charge in [0, 0.05) is 16.2 Å². The molecule has 0 spiro atoms. The first-order valence-electron chi connectivity index (χ1n) is 7.85. The molecule has 0 saturated heterocycles. The topological polar surface area (TPSA) is 29.5 Å². The minimum atomic E-state index is -0.328. The molecule has 0 bridgehead atoms. The summed E-state index contributed by atoms with van der Waals surface area (Å²) < 4.78 is 19.1. The number of rotatable bonds is 6. The molecule has 0 fully saturated rings. The van der Waals surface area contributed by atoms with Crippen LogP contribution in [-0.2, 0) is 6.42 Å². The van der Waals surface area contributed by atoms with Gasteiger partial charge in [0.05, 0.1) is 12.7 Å². The molecule has 1 unspecified atom stereocenters. The van der Waals surface area contributed by atoms with E-state index < -0.39 is 0 Å². The van der Waals surface area contributed by atoms with Crippen molar-refractivity contribution in [2.24, 2.45) is 0 Å². The van der Waals surface area contributed by atoms with E-state index in [1.54, 1.807) is 13.2 Å². The van der Waals surface area contributed by atoms with Crippen molar-refractivity contribution in [1.82, 2.24) is 4.90 Å². The molecule has 0 aliphatic heterocycles. The second-order valence-corrected chi connectivity index (χ2v) is 6.78. The van der Waals surface area contributed by atoms with Crippen molar-refractivity contribution in [2.75, 3.05) is 13.7 Å². The van der Waals surface area contributed by atoms with Crippen molar-refractivity contribution < 1.29 is 13.9 Å². The standard InChI is InChI=1S/C19H21FINO2/c1-4-22(19(23)17-10-7-15(20)12-18(17)21)13(2)11-14-5-8-16(24-3)9-6-14/h5-10,12-13H,4,11H2,1-3H3. The number of hydrogen-bond donors (Lipinski definition) is 0. The van der Waals surface area contributed by atoms with Gasteiger partial charge in [-0.25, -0.2) is 4.39 Å². The van der Waals surface area contributed by atoms with Gasteiger partial charge in [-0.1, -0.05) is 12.1 Å². The molecule has 0 aliphatic carbocycles. The molecule has 0 radical (unpaired) electrons. The van der Waals surface area contributed by atoms with E-state index in [2.05, 4.69) is 0 Å². The maximum Gasteiger partial charge on any atom is 0.255 e.